The van der Waals surface area contributed by atoms with E-state index >= 15 is 0 Å². The van der Waals surface area contributed by atoms with Crippen molar-refractivity contribution in [1.82, 2.24) is 4.57 Å². The van der Waals surface area contributed by atoms with Gasteiger partial charge in [-0.05, 0) is 23.1 Å². The van der Waals surface area contributed by atoms with Gasteiger partial charge in [0.2, 0.25) is 0 Å². The van der Waals surface area contributed by atoms with Crippen LogP contribution in [0.4, 0.5) is 0 Å². The number of hydrogen-bond donors (Lipinski definition) is 1. The molecule has 0 saturated carbocycles. The number of para-hydroxylation sites is 1. The number of benzene rings is 1. The van der Waals surface area contributed by atoms with Crippen LogP contribution in [0.1, 0.15) is 10.4 Å². The van der Waals surface area contributed by atoms with Crippen LogP contribution in [-0.2, 0) is 11.3 Å². The van der Waals surface area contributed by atoms with E-state index < -0.39 is 11.5 Å². The number of nitrogens with zero attached hydrogens (tertiary/aromatic N) is 1. The first-order valence-electron chi connectivity index (χ1n) is 7.41. The molecule has 1 aromatic carbocycles. The SMILES string of the molecule is C=C/C=C(\C=C/COC)Cn1c(=O)c(C(=O)O)cc2ccccc21. The van der Waals surface area contributed by atoms with Crippen LogP contribution in [0.2, 0.25) is 0 Å². The van der Waals surface area contributed by atoms with Crippen molar-refractivity contribution in [2.45, 2.75) is 6.54 Å². The van der Waals surface area contributed by atoms with Crippen molar-refractivity contribution in [3.8, 4) is 0 Å². The molecule has 2 aromatic rings. The normalized spacial score (nSPS) is 12.0. The van der Waals surface area contributed by atoms with E-state index in [1.54, 1.807) is 31.4 Å². The van der Waals surface area contributed by atoms with Gasteiger partial charge in [0.15, 0.2) is 0 Å². The number of allylic oxidation sites excluding steroid dienone is 4. The van der Waals surface area contributed by atoms with Gasteiger partial charge >= 0.3 is 5.97 Å². The quantitative estimate of drug-likeness (QED) is 0.795. The number of hydrogen-bond acceptors (Lipinski definition) is 3. The fourth-order valence-corrected chi connectivity index (χ4v) is 2.43. The van der Waals surface area contributed by atoms with Gasteiger partial charge in [-0.2, -0.15) is 0 Å². The fraction of sp³-hybridized carbons (Fsp3) is 0.158. The first kappa shape index (κ1) is 17.4. The number of carboxylic acids is 1. The molecule has 0 bridgehead atoms. The second-order valence-corrected chi connectivity index (χ2v) is 5.15. The number of fused-ring (bicyclic) bond motifs is 1. The smallest absolute Gasteiger partial charge is 0.341 e. The summed E-state index contributed by atoms with van der Waals surface area (Å²) in [7, 11) is 1.59. The van der Waals surface area contributed by atoms with E-state index in [2.05, 4.69) is 6.58 Å². The lowest BCUT2D eigenvalue weighted by atomic mass is 10.1. The summed E-state index contributed by atoms with van der Waals surface area (Å²) >= 11 is 0. The highest BCUT2D eigenvalue weighted by Gasteiger charge is 2.14. The molecule has 5 heteroatoms. The second-order valence-electron chi connectivity index (χ2n) is 5.15. The number of methoxy groups -OCH3 is 1. The van der Waals surface area contributed by atoms with Crippen LogP contribution in [0.5, 0.6) is 0 Å². The van der Waals surface area contributed by atoms with Crippen LogP contribution in [0.3, 0.4) is 0 Å². The van der Waals surface area contributed by atoms with Crippen molar-refractivity contribution in [3.63, 3.8) is 0 Å². The number of rotatable bonds is 7. The zero-order valence-electron chi connectivity index (χ0n) is 13.4. The van der Waals surface area contributed by atoms with E-state index in [1.807, 2.05) is 24.3 Å². The van der Waals surface area contributed by atoms with E-state index in [4.69, 9.17) is 4.74 Å². The zero-order chi connectivity index (χ0) is 17.5. The summed E-state index contributed by atoms with van der Waals surface area (Å²) < 4.78 is 6.44. The molecule has 1 N–H and O–H groups in total. The number of pyridine rings is 1. The first-order valence-corrected chi connectivity index (χ1v) is 7.41. The molecule has 0 spiro atoms. The molecule has 0 saturated heterocycles. The fourth-order valence-electron chi connectivity index (χ4n) is 2.43. The summed E-state index contributed by atoms with van der Waals surface area (Å²) in [5.41, 5.74) is 0.725. The summed E-state index contributed by atoms with van der Waals surface area (Å²) in [5, 5.41) is 9.99. The van der Waals surface area contributed by atoms with Crippen LogP contribution in [0.15, 0.2) is 71.6 Å². The number of ether oxygens (including phenoxy) is 1. The monoisotopic (exact) mass is 325 g/mol. The largest absolute Gasteiger partial charge is 0.477 e. The van der Waals surface area contributed by atoms with Crippen LogP contribution in [0.25, 0.3) is 10.9 Å². The van der Waals surface area contributed by atoms with Crippen molar-refractivity contribution in [2.75, 3.05) is 13.7 Å². The summed E-state index contributed by atoms with van der Waals surface area (Å²) in [6.45, 7) is 4.36. The third-order valence-corrected chi connectivity index (χ3v) is 3.50. The van der Waals surface area contributed by atoms with Crippen molar-refractivity contribution in [3.05, 3.63) is 82.7 Å². The topological polar surface area (TPSA) is 68.5 Å². The Morgan fingerprint density at radius 2 is 2.12 bits per heavy atom. The van der Waals surface area contributed by atoms with Crippen molar-refractivity contribution in [1.29, 1.82) is 0 Å². The highest BCUT2D eigenvalue weighted by Crippen LogP contribution is 2.15. The summed E-state index contributed by atoms with van der Waals surface area (Å²) in [6.07, 6.45) is 7.06. The standard InChI is InChI=1S/C19H19NO4/c1-3-7-14(8-6-11-24-2)13-20-17-10-5-4-9-15(17)12-16(18(20)21)19(22)23/h3-10,12H,1,11,13H2,2H3,(H,22,23)/b8-6-,14-7+. The maximum absolute atomic E-state index is 12.6. The van der Waals surface area contributed by atoms with Crippen LogP contribution in [-0.4, -0.2) is 29.4 Å². The Morgan fingerprint density at radius 1 is 1.38 bits per heavy atom. The molecule has 24 heavy (non-hydrogen) atoms. The second kappa shape index (κ2) is 8.08. The van der Waals surface area contributed by atoms with Gasteiger partial charge in [0, 0.05) is 7.11 Å². The van der Waals surface area contributed by atoms with Gasteiger partial charge < -0.3 is 14.4 Å². The van der Waals surface area contributed by atoms with Gasteiger partial charge in [-0.1, -0.05) is 49.1 Å². The van der Waals surface area contributed by atoms with Crippen molar-refractivity contribution >= 4 is 16.9 Å². The Morgan fingerprint density at radius 3 is 2.79 bits per heavy atom. The molecule has 124 valence electrons. The zero-order valence-corrected chi connectivity index (χ0v) is 13.4. The van der Waals surface area contributed by atoms with Crippen molar-refractivity contribution in [2.24, 2.45) is 0 Å². The molecule has 0 unspecified atom stereocenters. The van der Waals surface area contributed by atoms with E-state index in [9.17, 15) is 14.7 Å². The Labute approximate surface area is 139 Å². The first-order chi connectivity index (χ1) is 11.6. The molecule has 0 aliphatic rings. The molecule has 0 aliphatic heterocycles. The number of aromatic nitrogens is 1. The molecule has 0 amide bonds. The highest BCUT2D eigenvalue weighted by atomic mass is 16.5. The van der Waals surface area contributed by atoms with Crippen LogP contribution in [0, 0.1) is 0 Å². The summed E-state index contributed by atoms with van der Waals surface area (Å²) in [4.78, 5) is 23.9. The van der Waals surface area contributed by atoms with Gasteiger partial charge in [-0.3, -0.25) is 4.79 Å². The minimum absolute atomic E-state index is 0.243. The summed E-state index contributed by atoms with van der Waals surface area (Å²) in [6, 6.07) is 8.62. The predicted molar refractivity (Wildman–Crippen MR) is 94.5 cm³/mol. The minimum atomic E-state index is -1.23. The molecule has 0 radical (unpaired) electrons. The number of aromatic carboxylic acids is 1. The Hall–Kier alpha value is -2.92. The maximum atomic E-state index is 12.6. The van der Waals surface area contributed by atoms with Crippen LogP contribution >= 0.6 is 0 Å². The molecular weight excluding hydrogens is 306 g/mol. The van der Waals surface area contributed by atoms with Gasteiger partial charge in [0.25, 0.3) is 5.56 Å². The van der Waals surface area contributed by atoms with Gasteiger partial charge in [-0.25, -0.2) is 4.79 Å². The van der Waals surface area contributed by atoms with E-state index in [0.717, 1.165) is 5.57 Å². The van der Waals surface area contributed by atoms with Gasteiger partial charge in [0.1, 0.15) is 5.56 Å². The minimum Gasteiger partial charge on any atom is -0.477 e. The van der Waals surface area contributed by atoms with E-state index in [0.29, 0.717) is 17.5 Å². The lowest BCUT2D eigenvalue weighted by Crippen LogP contribution is -2.27. The number of carbonyl (C=O) groups is 1. The Kier molecular flexibility index (Phi) is 5.87. The third kappa shape index (κ3) is 3.88. The molecule has 0 fully saturated rings. The van der Waals surface area contributed by atoms with Crippen LogP contribution < -0.4 is 5.56 Å². The number of carboxylic acid groups (broad SMARTS) is 1. The Bertz CT molecular complexity index is 875. The lowest BCUT2D eigenvalue weighted by molar-refractivity contribution is 0.0694. The molecule has 2 rings (SSSR count). The molecule has 0 atom stereocenters. The average molecular weight is 325 g/mol. The lowest BCUT2D eigenvalue weighted by Gasteiger charge is -2.12. The highest BCUT2D eigenvalue weighted by molar-refractivity contribution is 5.92. The maximum Gasteiger partial charge on any atom is 0.341 e. The molecule has 1 heterocycles. The molecular formula is C19H19NO4. The van der Waals surface area contributed by atoms with Gasteiger partial charge in [0.05, 0.1) is 18.7 Å². The average Bonchev–Trinajstić information content (AvgIpc) is 2.57. The van der Waals surface area contributed by atoms with E-state index in [1.165, 1.54) is 10.6 Å². The Balaban J connectivity index is 2.59. The van der Waals surface area contributed by atoms with E-state index in [-0.39, 0.29) is 12.1 Å². The molecule has 0 aliphatic carbocycles. The van der Waals surface area contributed by atoms with Crippen molar-refractivity contribution < 1.29 is 14.6 Å². The molecule has 1 aromatic heterocycles. The molecule has 5 nitrogen and oxygen atoms in total. The third-order valence-electron chi connectivity index (χ3n) is 3.50. The summed E-state index contributed by atoms with van der Waals surface area (Å²) in [5.74, 6) is -1.23. The van der Waals surface area contributed by atoms with Gasteiger partial charge in [-0.15, -0.1) is 0 Å². The predicted octanol–water partition coefficient (Wildman–Crippen LogP) is 3.01.